The molecule has 136 valence electrons. The van der Waals surface area contributed by atoms with Crippen molar-refractivity contribution in [2.75, 3.05) is 5.32 Å². The van der Waals surface area contributed by atoms with Gasteiger partial charge in [-0.15, -0.1) is 11.3 Å². The molecule has 0 aliphatic rings. The van der Waals surface area contributed by atoms with E-state index in [0.29, 0.717) is 22.9 Å². The van der Waals surface area contributed by atoms with Gasteiger partial charge in [0.25, 0.3) is 0 Å². The summed E-state index contributed by atoms with van der Waals surface area (Å²) in [5, 5.41) is 11.4. The number of benzene rings is 2. The van der Waals surface area contributed by atoms with Gasteiger partial charge in [-0.05, 0) is 48.2 Å². The third kappa shape index (κ3) is 3.55. The molecule has 4 rings (SSSR count). The number of hydrogen-bond acceptors (Lipinski definition) is 6. The summed E-state index contributed by atoms with van der Waals surface area (Å²) in [6, 6.07) is 16.6. The van der Waals surface area contributed by atoms with Crippen LogP contribution >= 0.6 is 11.3 Å². The quantitative estimate of drug-likeness (QED) is 0.542. The van der Waals surface area contributed by atoms with Crippen LogP contribution < -0.4 is 10.5 Å². The van der Waals surface area contributed by atoms with Gasteiger partial charge in [-0.25, -0.2) is 23.5 Å². The fourth-order valence-electron chi connectivity index (χ4n) is 2.81. The van der Waals surface area contributed by atoms with Crippen molar-refractivity contribution in [3.05, 3.63) is 65.5 Å². The van der Waals surface area contributed by atoms with Gasteiger partial charge in [0.15, 0.2) is 5.82 Å². The van der Waals surface area contributed by atoms with Crippen molar-refractivity contribution in [2.45, 2.75) is 11.8 Å². The Morgan fingerprint density at radius 2 is 1.85 bits per heavy atom. The van der Waals surface area contributed by atoms with Gasteiger partial charge in [-0.1, -0.05) is 24.3 Å². The molecule has 0 aliphatic carbocycles. The lowest BCUT2D eigenvalue weighted by Crippen LogP contribution is -2.14. The molecule has 3 N–H and O–H groups in total. The number of nitrogens with two attached hydrogens (primary N) is 1. The molecular formula is C19H16N4O2S2. The zero-order valence-electron chi connectivity index (χ0n) is 14.4. The minimum Gasteiger partial charge on any atom is -0.340 e. The minimum absolute atomic E-state index is 0.0874. The number of fused-ring (bicyclic) bond motifs is 1. The summed E-state index contributed by atoms with van der Waals surface area (Å²) in [6.07, 6.45) is 0. The molecule has 0 atom stereocenters. The second kappa shape index (κ2) is 6.73. The van der Waals surface area contributed by atoms with Gasteiger partial charge in [-0.3, -0.25) is 0 Å². The number of nitrogens with one attached hydrogen (secondary N) is 1. The first kappa shape index (κ1) is 17.6. The third-order valence-electron chi connectivity index (χ3n) is 4.10. The van der Waals surface area contributed by atoms with E-state index in [-0.39, 0.29) is 4.90 Å². The minimum atomic E-state index is -3.81. The summed E-state index contributed by atoms with van der Waals surface area (Å²) in [5.74, 6) is 1.22. The maximum Gasteiger partial charge on any atom is 0.238 e. The van der Waals surface area contributed by atoms with Crippen LogP contribution in [0.3, 0.4) is 0 Å². The molecule has 0 saturated heterocycles. The molecular weight excluding hydrogens is 380 g/mol. The number of para-hydroxylation sites is 1. The first-order chi connectivity index (χ1) is 12.9. The Morgan fingerprint density at radius 3 is 2.59 bits per heavy atom. The number of anilines is 2. The van der Waals surface area contributed by atoms with Crippen molar-refractivity contribution in [1.29, 1.82) is 0 Å². The van der Waals surface area contributed by atoms with Crippen LogP contribution in [0, 0.1) is 6.92 Å². The summed E-state index contributed by atoms with van der Waals surface area (Å²) in [6.45, 7) is 1.71. The van der Waals surface area contributed by atoms with Gasteiger partial charge in [-0.2, -0.15) is 0 Å². The van der Waals surface area contributed by atoms with Crippen LogP contribution in [0.2, 0.25) is 0 Å². The largest absolute Gasteiger partial charge is 0.340 e. The SMILES string of the molecule is Cc1ccc(Nc2nc(-c3cccs3)nc3ccccc23)cc1S(N)(=O)=O. The molecule has 2 aromatic carbocycles. The van der Waals surface area contributed by atoms with Crippen LogP contribution in [0.1, 0.15) is 5.56 Å². The molecule has 6 nitrogen and oxygen atoms in total. The number of aromatic nitrogens is 2. The van der Waals surface area contributed by atoms with Crippen LogP contribution in [-0.4, -0.2) is 18.4 Å². The van der Waals surface area contributed by atoms with Gasteiger partial charge in [0.1, 0.15) is 5.82 Å². The van der Waals surface area contributed by atoms with Gasteiger partial charge < -0.3 is 5.32 Å². The first-order valence-electron chi connectivity index (χ1n) is 8.13. The molecule has 2 heterocycles. The van der Waals surface area contributed by atoms with Gasteiger partial charge in [0.05, 0.1) is 15.3 Å². The number of rotatable bonds is 4. The summed E-state index contributed by atoms with van der Waals surface area (Å²) < 4.78 is 23.6. The highest BCUT2D eigenvalue weighted by atomic mass is 32.2. The Labute approximate surface area is 160 Å². The van der Waals surface area contributed by atoms with E-state index in [9.17, 15) is 8.42 Å². The zero-order chi connectivity index (χ0) is 19.0. The highest BCUT2D eigenvalue weighted by Gasteiger charge is 2.14. The Morgan fingerprint density at radius 1 is 1.04 bits per heavy atom. The highest BCUT2D eigenvalue weighted by molar-refractivity contribution is 7.89. The molecule has 0 bridgehead atoms. The Hall–Kier alpha value is -2.81. The Bertz CT molecular complexity index is 1240. The van der Waals surface area contributed by atoms with Crippen LogP contribution in [0.5, 0.6) is 0 Å². The predicted octanol–water partition coefficient (Wildman–Crippen LogP) is 4.06. The molecule has 2 aromatic heterocycles. The molecule has 0 unspecified atom stereocenters. The van der Waals surface area contributed by atoms with Crippen molar-refractivity contribution < 1.29 is 8.42 Å². The molecule has 0 saturated carbocycles. The van der Waals surface area contributed by atoms with Crippen molar-refractivity contribution >= 4 is 43.8 Å². The molecule has 8 heteroatoms. The fourth-order valence-corrected chi connectivity index (χ4v) is 4.27. The summed E-state index contributed by atoms with van der Waals surface area (Å²) in [5.41, 5.74) is 1.98. The van der Waals surface area contributed by atoms with Crippen molar-refractivity contribution in [2.24, 2.45) is 5.14 Å². The van der Waals surface area contributed by atoms with Crippen LogP contribution in [0.4, 0.5) is 11.5 Å². The van der Waals surface area contributed by atoms with Crippen molar-refractivity contribution in [1.82, 2.24) is 9.97 Å². The van der Waals surface area contributed by atoms with E-state index in [1.54, 1.807) is 30.4 Å². The lowest BCUT2D eigenvalue weighted by molar-refractivity contribution is 0.597. The standard InChI is InChI=1S/C19H16N4O2S2/c1-12-8-9-13(11-17(12)27(20,24)25)21-18-14-5-2-3-6-15(14)22-19(23-18)16-7-4-10-26-16/h2-11H,1H3,(H2,20,24,25)(H,21,22,23). The molecule has 0 radical (unpaired) electrons. The normalized spacial score (nSPS) is 11.6. The van der Waals surface area contributed by atoms with Gasteiger partial charge in [0.2, 0.25) is 10.0 Å². The highest BCUT2D eigenvalue weighted by Crippen LogP contribution is 2.30. The smallest absolute Gasteiger partial charge is 0.238 e. The monoisotopic (exact) mass is 396 g/mol. The number of hydrogen-bond donors (Lipinski definition) is 2. The molecule has 0 aliphatic heterocycles. The van der Waals surface area contributed by atoms with E-state index < -0.39 is 10.0 Å². The Kier molecular flexibility index (Phi) is 4.39. The summed E-state index contributed by atoms with van der Waals surface area (Å²) in [7, 11) is -3.81. The topological polar surface area (TPSA) is 98.0 Å². The number of sulfonamides is 1. The van der Waals surface area contributed by atoms with E-state index in [4.69, 9.17) is 5.14 Å². The second-order valence-electron chi connectivity index (χ2n) is 6.04. The van der Waals surface area contributed by atoms with Crippen LogP contribution in [-0.2, 0) is 10.0 Å². The van der Waals surface area contributed by atoms with E-state index in [1.807, 2.05) is 41.8 Å². The van der Waals surface area contributed by atoms with E-state index in [2.05, 4.69) is 15.3 Å². The van der Waals surface area contributed by atoms with Crippen LogP contribution in [0.15, 0.2) is 64.9 Å². The lowest BCUT2D eigenvalue weighted by atomic mass is 10.2. The van der Waals surface area contributed by atoms with E-state index in [0.717, 1.165) is 15.8 Å². The maximum absolute atomic E-state index is 11.8. The molecule has 4 aromatic rings. The van der Waals surface area contributed by atoms with Gasteiger partial charge >= 0.3 is 0 Å². The summed E-state index contributed by atoms with van der Waals surface area (Å²) in [4.78, 5) is 10.3. The average molecular weight is 396 g/mol. The van der Waals surface area contributed by atoms with Crippen LogP contribution in [0.25, 0.3) is 21.6 Å². The first-order valence-corrected chi connectivity index (χ1v) is 10.6. The number of aryl methyl sites for hydroxylation is 1. The number of nitrogens with zero attached hydrogens (tertiary/aromatic N) is 2. The lowest BCUT2D eigenvalue weighted by Gasteiger charge is -2.12. The molecule has 0 amide bonds. The zero-order valence-corrected chi connectivity index (χ0v) is 16.0. The number of thiophene rings is 1. The second-order valence-corrected chi connectivity index (χ2v) is 8.52. The van der Waals surface area contributed by atoms with Crippen molar-refractivity contribution in [3.8, 4) is 10.7 Å². The van der Waals surface area contributed by atoms with Gasteiger partial charge in [0, 0.05) is 11.1 Å². The molecule has 0 spiro atoms. The molecule has 0 fully saturated rings. The summed E-state index contributed by atoms with van der Waals surface area (Å²) >= 11 is 1.56. The van der Waals surface area contributed by atoms with E-state index in [1.165, 1.54) is 6.07 Å². The third-order valence-corrected chi connectivity index (χ3v) is 6.02. The Balaban J connectivity index is 1.85. The molecule has 27 heavy (non-hydrogen) atoms. The number of primary sulfonamides is 1. The van der Waals surface area contributed by atoms with Crippen molar-refractivity contribution in [3.63, 3.8) is 0 Å². The fraction of sp³-hybridized carbons (Fsp3) is 0.0526. The van der Waals surface area contributed by atoms with E-state index >= 15 is 0 Å². The maximum atomic E-state index is 11.8. The average Bonchev–Trinajstić information content (AvgIpc) is 3.17. The predicted molar refractivity (Wildman–Crippen MR) is 109 cm³/mol.